The summed E-state index contributed by atoms with van der Waals surface area (Å²) in [6.45, 7) is 2.98. The van der Waals surface area contributed by atoms with Gasteiger partial charge in [-0.15, -0.1) is 0 Å². The van der Waals surface area contributed by atoms with Gasteiger partial charge in [-0.05, 0) is 30.4 Å². The smallest absolute Gasteiger partial charge is 0.227 e. The lowest BCUT2D eigenvalue weighted by Gasteiger charge is -2.02. The van der Waals surface area contributed by atoms with Crippen molar-refractivity contribution in [2.45, 2.75) is 26.2 Å². The van der Waals surface area contributed by atoms with Gasteiger partial charge in [0.15, 0.2) is 0 Å². The first kappa shape index (κ1) is 13.7. The second kappa shape index (κ2) is 6.03. The molecule has 2 aromatic rings. The minimum atomic E-state index is 0.0340. The number of rotatable bonds is 6. The summed E-state index contributed by atoms with van der Waals surface area (Å²) in [5, 5.41) is 6.82. The van der Waals surface area contributed by atoms with Gasteiger partial charge < -0.3 is 9.84 Å². The van der Waals surface area contributed by atoms with Crippen LogP contribution in [0.3, 0.4) is 0 Å². The van der Waals surface area contributed by atoms with E-state index in [0.29, 0.717) is 36.2 Å². The summed E-state index contributed by atoms with van der Waals surface area (Å²) in [6.07, 6.45) is 3.71. The topological polar surface area (TPSA) is 80.9 Å². The normalized spacial score (nSPS) is 20.2. The summed E-state index contributed by atoms with van der Waals surface area (Å²) < 4.78 is 5.14. The lowest BCUT2D eigenvalue weighted by Crippen LogP contribution is -2.26. The molecule has 0 aromatic carbocycles. The van der Waals surface area contributed by atoms with E-state index in [1.165, 1.54) is 6.42 Å². The van der Waals surface area contributed by atoms with Gasteiger partial charge in [0, 0.05) is 25.6 Å². The Morgan fingerprint density at radius 2 is 2.33 bits per heavy atom. The Hall–Kier alpha value is -2.24. The van der Waals surface area contributed by atoms with Crippen LogP contribution >= 0.6 is 0 Å². The maximum atomic E-state index is 11.7. The van der Waals surface area contributed by atoms with Crippen LogP contribution in [0.25, 0.3) is 11.5 Å². The molecule has 0 aliphatic heterocycles. The summed E-state index contributed by atoms with van der Waals surface area (Å²) in [7, 11) is 0. The first-order valence-electron chi connectivity index (χ1n) is 7.23. The zero-order chi connectivity index (χ0) is 14.7. The summed E-state index contributed by atoms with van der Waals surface area (Å²) >= 11 is 0. The monoisotopic (exact) mass is 286 g/mol. The number of hydrogen-bond acceptors (Lipinski definition) is 5. The highest BCUT2D eigenvalue weighted by Gasteiger charge is 2.32. The fraction of sp³-hybridized carbons (Fsp3) is 0.467. The van der Waals surface area contributed by atoms with Crippen LogP contribution in [0.1, 0.15) is 25.7 Å². The van der Waals surface area contributed by atoms with Crippen molar-refractivity contribution in [2.24, 2.45) is 11.8 Å². The predicted molar refractivity (Wildman–Crippen MR) is 76.1 cm³/mol. The molecule has 6 nitrogen and oxygen atoms in total. The van der Waals surface area contributed by atoms with Crippen molar-refractivity contribution >= 4 is 5.91 Å². The van der Waals surface area contributed by atoms with E-state index in [1.807, 2.05) is 18.2 Å². The van der Waals surface area contributed by atoms with Crippen LogP contribution in [0, 0.1) is 11.8 Å². The van der Waals surface area contributed by atoms with Crippen LogP contribution in [-0.2, 0) is 11.2 Å². The molecule has 0 spiro atoms. The van der Waals surface area contributed by atoms with Gasteiger partial charge in [-0.25, -0.2) is 0 Å². The van der Waals surface area contributed by atoms with Crippen molar-refractivity contribution in [2.75, 3.05) is 6.54 Å². The fourth-order valence-electron chi connectivity index (χ4n) is 2.19. The number of pyridine rings is 1. The highest BCUT2D eigenvalue weighted by Crippen LogP contribution is 2.36. The standard InChI is InChI=1S/C15H18N4O2/c1-10-8-11(10)9-17-13(20)5-6-14-18-15(19-21-14)12-4-2-3-7-16-12/h2-4,7,10-11H,5-6,8-9H2,1H3,(H,17,20)/t10-,11+/m1/s1. The molecule has 1 aliphatic carbocycles. The number of aromatic nitrogens is 3. The van der Waals surface area contributed by atoms with Gasteiger partial charge in [0.25, 0.3) is 0 Å². The third kappa shape index (κ3) is 3.65. The van der Waals surface area contributed by atoms with Gasteiger partial charge >= 0.3 is 0 Å². The highest BCUT2D eigenvalue weighted by molar-refractivity contribution is 5.76. The van der Waals surface area contributed by atoms with Gasteiger partial charge in [0.05, 0.1) is 0 Å². The average Bonchev–Trinajstić information content (AvgIpc) is 3.02. The molecule has 2 atom stereocenters. The number of nitrogens with one attached hydrogen (secondary N) is 1. The molecule has 0 bridgehead atoms. The number of amides is 1. The third-order valence-electron chi connectivity index (χ3n) is 3.77. The quantitative estimate of drug-likeness (QED) is 0.876. The molecular weight excluding hydrogens is 268 g/mol. The molecular formula is C15H18N4O2. The third-order valence-corrected chi connectivity index (χ3v) is 3.77. The molecule has 1 fully saturated rings. The van der Waals surface area contributed by atoms with Gasteiger partial charge in [0.2, 0.25) is 17.6 Å². The van der Waals surface area contributed by atoms with Gasteiger partial charge in [0.1, 0.15) is 5.69 Å². The Morgan fingerprint density at radius 1 is 1.48 bits per heavy atom. The molecule has 1 amide bonds. The number of hydrogen-bond donors (Lipinski definition) is 1. The minimum Gasteiger partial charge on any atom is -0.356 e. The Balaban J connectivity index is 1.47. The molecule has 0 unspecified atom stereocenters. The van der Waals surface area contributed by atoms with Crippen LogP contribution in [-0.4, -0.2) is 27.6 Å². The van der Waals surface area contributed by atoms with Crippen LogP contribution in [0.15, 0.2) is 28.9 Å². The summed E-state index contributed by atoms with van der Waals surface area (Å²) in [5.74, 6) is 2.37. The van der Waals surface area contributed by atoms with Crippen LogP contribution in [0.4, 0.5) is 0 Å². The Bertz CT molecular complexity index is 611. The maximum absolute atomic E-state index is 11.7. The zero-order valence-electron chi connectivity index (χ0n) is 12.0. The average molecular weight is 286 g/mol. The summed E-state index contributed by atoms with van der Waals surface area (Å²) in [6, 6.07) is 5.51. The van der Waals surface area contributed by atoms with Crippen molar-refractivity contribution in [1.29, 1.82) is 0 Å². The van der Waals surface area contributed by atoms with E-state index in [4.69, 9.17) is 4.52 Å². The lowest BCUT2D eigenvalue weighted by atomic mass is 10.2. The molecule has 1 N–H and O–H groups in total. The Kier molecular flexibility index (Phi) is 3.94. The molecule has 1 saturated carbocycles. The van der Waals surface area contributed by atoms with Crippen molar-refractivity contribution < 1.29 is 9.32 Å². The van der Waals surface area contributed by atoms with Crippen molar-refractivity contribution in [3.8, 4) is 11.5 Å². The molecule has 2 aromatic heterocycles. The van der Waals surface area contributed by atoms with Gasteiger partial charge in [-0.1, -0.05) is 18.1 Å². The lowest BCUT2D eigenvalue weighted by molar-refractivity contribution is -0.121. The maximum Gasteiger partial charge on any atom is 0.227 e. The summed E-state index contributed by atoms with van der Waals surface area (Å²) in [5.41, 5.74) is 0.666. The van der Waals surface area contributed by atoms with Crippen molar-refractivity contribution in [3.63, 3.8) is 0 Å². The molecule has 1 aliphatic rings. The fourth-order valence-corrected chi connectivity index (χ4v) is 2.19. The highest BCUT2D eigenvalue weighted by atomic mass is 16.5. The molecule has 21 heavy (non-hydrogen) atoms. The van der Waals surface area contributed by atoms with Crippen LogP contribution in [0.5, 0.6) is 0 Å². The van der Waals surface area contributed by atoms with E-state index in [-0.39, 0.29) is 5.91 Å². The van der Waals surface area contributed by atoms with E-state index < -0.39 is 0 Å². The Morgan fingerprint density at radius 3 is 3.05 bits per heavy atom. The van der Waals surface area contributed by atoms with E-state index in [0.717, 1.165) is 12.5 Å². The molecule has 0 radical (unpaired) electrons. The summed E-state index contributed by atoms with van der Waals surface area (Å²) in [4.78, 5) is 20.1. The number of aryl methyl sites for hydroxylation is 1. The van der Waals surface area contributed by atoms with Crippen LogP contribution in [0.2, 0.25) is 0 Å². The van der Waals surface area contributed by atoms with Gasteiger partial charge in [-0.2, -0.15) is 4.98 Å². The number of carbonyl (C=O) groups excluding carboxylic acids is 1. The molecule has 3 rings (SSSR count). The van der Waals surface area contributed by atoms with Crippen LogP contribution < -0.4 is 5.32 Å². The Labute approximate surface area is 123 Å². The van der Waals surface area contributed by atoms with E-state index in [1.54, 1.807) is 6.20 Å². The molecule has 0 saturated heterocycles. The number of carbonyl (C=O) groups is 1. The zero-order valence-corrected chi connectivity index (χ0v) is 12.0. The molecule has 2 heterocycles. The van der Waals surface area contributed by atoms with Crippen molar-refractivity contribution in [3.05, 3.63) is 30.3 Å². The predicted octanol–water partition coefficient (Wildman–Crippen LogP) is 1.84. The SMILES string of the molecule is C[C@@H]1C[C@H]1CNC(=O)CCc1nc(-c2ccccn2)no1. The minimum absolute atomic E-state index is 0.0340. The van der Waals surface area contributed by atoms with E-state index >= 15 is 0 Å². The first-order valence-corrected chi connectivity index (χ1v) is 7.23. The number of nitrogens with zero attached hydrogens (tertiary/aromatic N) is 3. The largest absolute Gasteiger partial charge is 0.356 e. The second-order valence-corrected chi connectivity index (χ2v) is 5.50. The van der Waals surface area contributed by atoms with E-state index in [2.05, 4.69) is 27.4 Å². The second-order valence-electron chi connectivity index (χ2n) is 5.50. The van der Waals surface area contributed by atoms with E-state index in [9.17, 15) is 4.79 Å². The molecule has 6 heteroatoms. The van der Waals surface area contributed by atoms with Gasteiger partial charge in [-0.3, -0.25) is 9.78 Å². The van der Waals surface area contributed by atoms with Crippen molar-refractivity contribution in [1.82, 2.24) is 20.4 Å². The first-order chi connectivity index (χ1) is 10.2. The molecule has 110 valence electrons.